The average Bonchev–Trinajstić information content (AvgIpc) is 2.78. The molecule has 0 aromatic heterocycles. The molecule has 156 valence electrons. The number of nitrogens with one attached hydrogen (secondary N) is 2. The Hall–Kier alpha value is -3.31. The lowest BCUT2D eigenvalue weighted by molar-refractivity contribution is -0.118. The molecule has 0 aliphatic rings. The third-order valence-electron chi connectivity index (χ3n) is 4.92. The summed E-state index contributed by atoms with van der Waals surface area (Å²) in [7, 11) is 3.25. The Kier molecular flexibility index (Phi) is 7.46. The molecule has 3 rings (SSSR count). The third kappa shape index (κ3) is 5.61. The van der Waals surface area contributed by atoms with Gasteiger partial charge in [-0.2, -0.15) is 0 Å². The van der Waals surface area contributed by atoms with Gasteiger partial charge in [0, 0.05) is 12.2 Å². The number of carbonyl (C=O) groups is 1. The monoisotopic (exact) mass is 404 g/mol. The van der Waals surface area contributed by atoms with Crippen molar-refractivity contribution >= 4 is 11.6 Å². The minimum atomic E-state index is -0.451. The minimum absolute atomic E-state index is 0.0858. The Morgan fingerprint density at radius 2 is 1.60 bits per heavy atom. The molecule has 0 aliphatic carbocycles. The van der Waals surface area contributed by atoms with E-state index in [9.17, 15) is 4.79 Å². The second kappa shape index (κ2) is 10.5. The van der Waals surface area contributed by atoms with Gasteiger partial charge in [0.15, 0.2) is 11.5 Å². The lowest BCUT2D eigenvalue weighted by Gasteiger charge is -2.19. The molecule has 1 amide bonds. The molecule has 0 aliphatic heterocycles. The van der Waals surface area contributed by atoms with Crippen LogP contribution >= 0.6 is 0 Å². The molecule has 0 saturated carbocycles. The van der Waals surface area contributed by atoms with Crippen LogP contribution in [0.2, 0.25) is 0 Å². The summed E-state index contributed by atoms with van der Waals surface area (Å²) in [5.41, 5.74) is 3.97. The lowest BCUT2D eigenvalue weighted by atomic mass is 10.0. The summed E-state index contributed by atoms with van der Waals surface area (Å²) in [5.74, 6) is 1.32. The summed E-state index contributed by atoms with van der Waals surface area (Å²) >= 11 is 0. The van der Waals surface area contributed by atoms with E-state index in [1.54, 1.807) is 14.2 Å². The Labute approximate surface area is 178 Å². The van der Waals surface area contributed by atoms with Crippen molar-refractivity contribution in [3.8, 4) is 11.5 Å². The van der Waals surface area contributed by atoms with Crippen LogP contribution in [-0.2, 0) is 11.2 Å². The van der Waals surface area contributed by atoms with E-state index in [2.05, 4.69) is 10.6 Å². The molecule has 5 heteroatoms. The Balaban J connectivity index is 1.69. The summed E-state index contributed by atoms with van der Waals surface area (Å²) in [4.78, 5) is 13.0. The number of hydrogen-bond acceptors (Lipinski definition) is 4. The number of benzene rings is 3. The zero-order chi connectivity index (χ0) is 21.3. The van der Waals surface area contributed by atoms with Gasteiger partial charge in [-0.3, -0.25) is 4.79 Å². The summed E-state index contributed by atoms with van der Waals surface area (Å²) < 4.78 is 10.7. The quantitative estimate of drug-likeness (QED) is 0.550. The fourth-order valence-corrected chi connectivity index (χ4v) is 3.26. The zero-order valence-corrected chi connectivity index (χ0v) is 17.6. The first-order chi connectivity index (χ1) is 14.6. The summed E-state index contributed by atoms with van der Waals surface area (Å²) in [6.07, 6.45) is 0.751. The fraction of sp³-hybridized carbons (Fsp3) is 0.240. The minimum Gasteiger partial charge on any atom is -0.493 e. The highest BCUT2D eigenvalue weighted by molar-refractivity contribution is 5.95. The molecule has 0 bridgehead atoms. The highest BCUT2D eigenvalue weighted by Crippen LogP contribution is 2.27. The van der Waals surface area contributed by atoms with Gasteiger partial charge >= 0.3 is 0 Å². The van der Waals surface area contributed by atoms with Crippen LogP contribution in [0.25, 0.3) is 0 Å². The molecule has 0 spiro atoms. The van der Waals surface area contributed by atoms with Crippen LogP contribution in [0.5, 0.6) is 11.5 Å². The maximum Gasteiger partial charge on any atom is 0.246 e. The van der Waals surface area contributed by atoms with Crippen LogP contribution in [0.15, 0.2) is 72.8 Å². The van der Waals surface area contributed by atoms with Crippen molar-refractivity contribution < 1.29 is 14.3 Å². The second-order valence-electron chi connectivity index (χ2n) is 7.09. The first-order valence-corrected chi connectivity index (χ1v) is 9.97. The van der Waals surface area contributed by atoms with E-state index in [4.69, 9.17) is 9.47 Å². The molecule has 3 aromatic rings. The number of rotatable bonds is 9. The molecule has 2 N–H and O–H groups in total. The Morgan fingerprint density at radius 1 is 0.900 bits per heavy atom. The SMILES string of the molecule is COc1ccc(CCN[C@H](C(=O)Nc2ccc(C)cc2)c2ccccc2)cc1OC. The topological polar surface area (TPSA) is 59.6 Å². The first kappa shape index (κ1) is 21.4. The van der Waals surface area contributed by atoms with E-state index in [0.717, 1.165) is 28.8 Å². The van der Waals surface area contributed by atoms with Crippen LogP contribution in [0.1, 0.15) is 22.7 Å². The molecule has 3 aromatic carbocycles. The predicted octanol–water partition coefficient (Wildman–Crippen LogP) is 4.52. The molecular formula is C25H28N2O3. The van der Waals surface area contributed by atoms with Gasteiger partial charge in [-0.15, -0.1) is 0 Å². The van der Waals surface area contributed by atoms with Gasteiger partial charge in [-0.05, 0) is 48.7 Å². The number of ether oxygens (including phenoxy) is 2. The molecule has 0 saturated heterocycles. The summed E-state index contributed by atoms with van der Waals surface area (Å²) in [6, 6.07) is 23.0. The number of amides is 1. The van der Waals surface area contributed by atoms with Gasteiger partial charge in [0.25, 0.3) is 0 Å². The zero-order valence-electron chi connectivity index (χ0n) is 17.6. The lowest BCUT2D eigenvalue weighted by Crippen LogP contribution is -2.34. The maximum absolute atomic E-state index is 13.0. The molecule has 30 heavy (non-hydrogen) atoms. The summed E-state index contributed by atoms with van der Waals surface area (Å²) in [6.45, 7) is 2.66. The van der Waals surface area contributed by atoms with Crippen LogP contribution < -0.4 is 20.1 Å². The van der Waals surface area contributed by atoms with Crippen LogP contribution in [-0.4, -0.2) is 26.7 Å². The Bertz CT molecular complexity index is 956. The second-order valence-corrected chi connectivity index (χ2v) is 7.09. The van der Waals surface area contributed by atoms with E-state index < -0.39 is 6.04 Å². The van der Waals surface area contributed by atoms with Gasteiger partial charge < -0.3 is 20.1 Å². The van der Waals surface area contributed by atoms with E-state index in [0.29, 0.717) is 18.0 Å². The normalized spacial score (nSPS) is 11.6. The number of carbonyl (C=O) groups excluding carboxylic acids is 1. The first-order valence-electron chi connectivity index (χ1n) is 9.97. The molecule has 0 fully saturated rings. The van der Waals surface area contributed by atoms with Crippen molar-refractivity contribution in [3.63, 3.8) is 0 Å². The highest BCUT2D eigenvalue weighted by Gasteiger charge is 2.20. The van der Waals surface area contributed by atoms with Crippen LogP contribution in [0, 0.1) is 6.92 Å². The standard InChI is InChI=1S/C25H28N2O3/c1-18-9-12-21(13-10-18)27-25(28)24(20-7-5-4-6-8-20)26-16-15-19-11-14-22(29-2)23(17-19)30-3/h4-14,17,24,26H,15-16H2,1-3H3,(H,27,28)/t24-/m0/s1. The molecule has 1 atom stereocenters. The fourth-order valence-electron chi connectivity index (χ4n) is 3.26. The largest absolute Gasteiger partial charge is 0.493 e. The number of methoxy groups -OCH3 is 2. The van der Waals surface area contributed by atoms with Gasteiger partial charge in [0.1, 0.15) is 6.04 Å². The average molecular weight is 405 g/mol. The van der Waals surface area contributed by atoms with Crippen molar-refractivity contribution in [2.24, 2.45) is 0 Å². The number of hydrogen-bond donors (Lipinski definition) is 2. The van der Waals surface area contributed by atoms with Gasteiger partial charge in [0.05, 0.1) is 14.2 Å². The number of aryl methyl sites for hydroxylation is 1. The van der Waals surface area contributed by atoms with Crippen molar-refractivity contribution in [1.29, 1.82) is 0 Å². The predicted molar refractivity (Wildman–Crippen MR) is 120 cm³/mol. The smallest absolute Gasteiger partial charge is 0.246 e. The van der Waals surface area contributed by atoms with Crippen molar-refractivity contribution in [1.82, 2.24) is 5.32 Å². The van der Waals surface area contributed by atoms with E-state index in [1.807, 2.05) is 79.7 Å². The van der Waals surface area contributed by atoms with E-state index >= 15 is 0 Å². The van der Waals surface area contributed by atoms with E-state index in [-0.39, 0.29) is 5.91 Å². The van der Waals surface area contributed by atoms with Crippen molar-refractivity contribution in [2.75, 3.05) is 26.1 Å². The van der Waals surface area contributed by atoms with Crippen molar-refractivity contribution in [3.05, 3.63) is 89.5 Å². The van der Waals surface area contributed by atoms with Crippen molar-refractivity contribution in [2.45, 2.75) is 19.4 Å². The highest BCUT2D eigenvalue weighted by atomic mass is 16.5. The molecular weight excluding hydrogens is 376 g/mol. The van der Waals surface area contributed by atoms with Gasteiger partial charge in [-0.1, -0.05) is 54.1 Å². The van der Waals surface area contributed by atoms with Crippen LogP contribution in [0.3, 0.4) is 0 Å². The maximum atomic E-state index is 13.0. The van der Waals surface area contributed by atoms with Gasteiger partial charge in [0.2, 0.25) is 5.91 Å². The number of anilines is 1. The Morgan fingerprint density at radius 3 is 2.27 bits per heavy atom. The molecule has 5 nitrogen and oxygen atoms in total. The molecule has 0 radical (unpaired) electrons. The molecule has 0 unspecified atom stereocenters. The molecule has 0 heterocycles. The third-order valence-corrected chi connectivity index (χ3v) is 4.92. The van der Waals surface area contributed by atoms with Gasteiger partial charge in [-0.25, -0.2) is 0 Å². The van der Waals surface area contributed by atoms with E-state index in [1.165, 1.54) is 0 Å². The van der Waals surface area contributed by atoms with Crippen LogP contribution in [0.4, 0.5) is 5.69 Å². The summed E-state index contributed by atoms with van der Waals surface area (Å²) in [5, 5.41) is 6.41.